The van der Waals surface area contributed by atoms with Gasteiger partial charge in [0.2, 0.25) is 0 Å². The van der Waals surface area contributed by atoms with E-state index in [1.807, 2.05) is 13.8 Å². The summed E-state index contributed by atoms with van der Waals surface area (Å²) in [4.78, 5) is 25.3. The van der Waals surface area contributed by atoms with E-state index < -0.39 is 45.6 Å². The molecular weight excluding hydrogens is 406 g/mol. The van der Waals surface area contributed by atoms with Crippen molar-refractivity contribution >= 4 is 17.6 Å². The van der Waals surface area contributed by atoms with Crippen molar-refractivity contribution < 1.29 is 39.7 Å². The molecule has 9 nitrogen and oxygen atoms in total. The average Bonchev–Trinajstić information content (AvgIpc) is 3.04. The zero-order chi connectivity index (χ0) is 22.6. The van der Waals surface area contributed by atoms with Gasteiger partial charge in [0.05, 0.1) is 11.1 Å². The van der Waals surface area contributed by atoms with Gasteiger partial charge >= 0.3 is 11.9 Å². The molecule has 3 aliphatic rings. The molecule has 0 aromatic heterocycles. The predicted molar refractivity (Wildman–Crippen MR) is 106 cm³/mol. The van der Waals surface area contributed by atoms with E-state index in [1.54, 1.807) is 0 Å². The van der Waals surface area contributed by atoms with Gasteiger partial charge in [0, 0.05) is 30.1 Å². The van der Waals surface area contributed by atoms with E-state index >= 15 is 0 Å². The Bertz CT molecular complexity index is 928. The lowest BCUT2D eigenvalue weighted by atomic mass is 9.46. The number of cyclic esters (lactones) is 1. The molecule has 1 heterocycles. The number of esters is 2. The SMILES string of the molecule is C[C@]1(CO)CCC[C@@]2(C)[C@H]1[C@H](OC(=O)c1ccc([NH+]([O-])O)cc1)C=C1C(=O)OC[C@@]12O. The summed E-state index contributed by atoms with van der Waals surface area (Å²) in [5.41, 5.74) is -2.71. The first-order valence-corrected chi connectivity index (χ1v) is 10.3. The maximum atomic E-state index is 12.9. The second-order valence-corrected chi connectivity index (χ2v) is 9.33. The molecule has 0 radical (unpaired) electrons. The number of carbonyl (C=O) groups is 2. The Morgan fingerprint density at radius 2 is 1.97 bits per heavy atom. The van der Waals surface area contributed by atoms with Crippen LogP contribution in [0.3, 0.4) is 0 Å². The van der Waals surface area contributed by atoms with Gasteiger partial charge in [-0.25, -0.2) is 14.8 Å². The van der Waals surface area contributed by atoms with E-state index in [9.17, 15) is 25.0 Å². The molecule has 0 bridgehead atoms. The molecular formula is C22H27NO8. The van der Waals surface area contributed by atoms with Crippen LogP contribution in [0.2, 0.25) is 0 Å². The fraction of sp³-hybridized carbons (Fsp3) is 0.545. The number of hydrogen-bond acceptors (Lipinski definition) is 8. The van der Waals surface area contributed by atoms with Crippen molar-refractivity contribution in [3.8, 4) is 0 Å². The number of fused-ring (bicyclic) bond motifs is 3. The molecule has 4 N–H and O–H groups in total. The third-order valence-electron chi connectivity index (χ3n) is 7.54. The second kappa shape index (κ2) is 7.39. The van der Waals surface area contributed by atoms with Crippen LogP contribution in [-0.2, 0) is 14.3 Å². The van der Waals surface area contributed by atoms with Crippen LogP contribution in [0.15, 0.2) is 35.9 Å². The molecule has 9 heteroatoms. The highest BCUT2D eigenvalue weighted by Crippen LogP contribution is 2.63. The Labute approximate surface area is 179 Å². The molecule has 1 aromatic carbocycles. The second-order valence-electron chi connectivity index (χ2n) is 9.33. The van der Waals surface area contributed by atoms with Crippen LogP contribution in [0.5, 0.6) is 0 Å². The largest absolute Gasteiger partial charge is 0.595 e. The van der Waals surface area contributed by atoms with E-state index in [0.29, 0.717) is 12.8 Å². The van der Waals surface area contributed by atoms with E-state index in [0.717, 1.165) is 6.42 Å². The maximum absolute atomic E-state index is 12.9. The summed E-state index contributed by atoms with van der Waals surface area (Å²) in [6.07, 6.45) is 2.60. The minimum absolute atomic E-state index is 0.0443. The van der Waals surface area contributed by atoms with Crippen LogP contribution < -0.4 is 5.23 Å². The van der Waals surface area contributed by atoms with Crippen LogP contribution >= 0.6 is 0 Å². The number of aliphatic hydroxyl groups is 2. The molecule has 1 aliphatic heterocycles. The van der Waals surface area contributed by atoms with Crippen LogP contribution in [-0.4, -0.2) is 52.3 Å². The molecule has 0 spiro atoms. The number of carbonyl (C=O) groups excluding carboxylic acids is 2. The lowest BCUT2D eigenvalue weighted by Crippen LogP contribution is -2.99. The van der Waals surface area contributed by atoms with Crippen LogP contribution in [0.1, 0.15) is 43.5 Å². The van der Waals surface area contributed by atoms with E-state index in [1.165, 1.54) is 30.3 Å². The zero-order valence-electron chi connectivity index (χ0n) is 17.5. The molecule has 2 aliphatic carbocycles. The predicted octanol–water partition coefficient (Wildman–Crippen LogP) is 0.648. The first-order chi connectivity index (χ1) is 14.6. The fourth-order valence-corrected chi connectivity index (χ4v) is 5.82. The minimum Gasteiger partial charge on any atom is -0.595 e. The van der Waals surface area contributed by atoms with Crippen molar-refractivity contribution in [2.75, 3.05) is 13.2 Å². The standard InChI is InChI=1S/C22H27NO8/c1-20(11-24)8-3-9-21(2)17(20)16(10-15-19(26)30-12-22(15,21)27)31-18(25)13-4-6-14(7-5-13)23(28)29/h4-7,10,16-17,23-24,27-28H,3,8-9,11-12H2,1-2H3/t16-,17+,20-,21+,22-/m1/s1. The summed E-state index contributed by atoms with van der Waals surface area (Å²) in [6.45, 7) is 3.44. The Morgan fingerprint density at radius 3 is 2.58 bits per heavy atom. The van der Waals surface area contributed by atoms with Crippen molar-refractivity contribution in [3.05, 3.63) is 46.7 Å². The van der Waals surface area contributed by atoms with Gasteiger partial charge in [-0.3, -0.25) is 0 Å². The molecule has 31 heavy (non-hydrogen) atoms. The first kappa shape index (κ1) is 21.9. The van der Waals surface area contributed by atoms with Crippen molar-refractivity contribution in [3.63, 3.8) is 0 Å². The summed E-state index contributed by atoms with van der Waals surface area (Å²) in [7, 11) is 0. The van der Waals surface area contributed by atoms with Crippen LogP contribution in [0.4, 0.5) is 5.69 Å². The Kier molecular flexibility index (Phi) is 5.22. The molecule has 2 fully saturated rings. The first-order valence-electron chi connectivity index (χ1n) is 10.3. The third-order valence-corrected chi connectivity index (χ3v) is 7.54. The Balaban J connectivity index is 1.73. The van der Waals surface area contributed by atoms with Gasteiger partial charge in [0.25, 0.3) is 0 Å². The number of rotatable bonds is 4. The van der Waals surface area contributed by atoms with Gasteiger partial charge in [-0.1, -0.05) is 20.3 Å². The maximum Gasteiger partial charge on any atom is 0.338 e. The average molecular weight is 433 g/mol. The van der Waals surface area contributed by atoms with Crippen molar-refractivity contribution in [2.45, 2.75) is 44.8 Å². The number of nitrogens with one attached hydrogen (secondary N) is 1. The van der Waals surface area contributed by atoms with Crippen molar-refractivity contribution in [1.82, 2.24) is 0 Å². The molecule has 0 amide bonds. The number of benzene rings is 1. The van der Waals surface area contributed by atoms with Gasteiger partial charge < -0.3 is 24.9 Å². The highest BCUT2D eigenvalue weighted by atomic mass is 16.8. The van der Waals surface area contributed by atoms with Gasteiger partial charge in [-0.15, -0.1) is 0 Å². The summed E-state index contributed by atoms with van der Waals surface area (Å²) < 4.78 is 11.0. The summed E-state index contributed by atoms with van der Waals surface area (Å²) in [5.74, 6) is -1.77. The normalized spacial score (nSPS) is 37.9. The fourth-order valence-electron chi connectivity index (χ4n) is 5.82. The smallest absolute Gasteiger partial charge is 0.338 e. The molecule has 1 saturated heterocycles. The lowest BCUT2D eigenvalue weighted by molar-refractivity contribution is -0.991. The van der Waals surface area contributed by atoms with Gasteiger partial charge in [-0.2, -0.15) is 5.23 Å². The zero-order valence-corrected chi connectivity index (χ0v) is 17.5. The molecule has 6 atom stereocenters. The van der Waals surface area contributed by atoms with E-state index in [-0.39, 0.29) is 30.0 Å². The molecule has 168 valence electrons. The topological polar surface area (TPSA) is 141 Å². The number of quaternary nitrogens is 1. The number of ether oxygens (including phenoxy) is 2. The number of aliphatic hydroxyl groups excluding tert-OH is 1. The third kappa shape index (κ3) is 3.19. The monoisotopic (exact) mass is 433 g/mol. The van der Waals surface area contributed by atoms with Crippen LogP contribution in [0.25, 0.3) is 0 Å². The van der Waals surface area contributed by atoms with Crippen molar-refractivity contribution in [1.29, 1.82) is 0 Å². The number of hydrogen-bond donors (Lipinski definition) is 4. The molecule has 1 aromatic rings. The molecule has 1 saturated carbocycles. The highest BCUT2D eigenvalue weighted by Gasteiger charge is 2.68. The minimum atomic E-state index is -1.52. The summed E-state index contributed by atoms with van der Waals surface area (Å²) in [5, 5.41) is 40.7. The summed E-state index contributed by atoms with van der Waals surface area (Å²) >= 11 is 0. The summed E-state index contributed by atoms with van der Waals surface area (Å²) in [6, 6.07) is 5.36. The Hall–Kier alpha value is -2.30. The van der Waals surface area contributed by atoms with Gasteiger partial charge in [0.1, 0.15) is 18.3 Å². The highest BCUT2D eigenvalue weighted by molar-refractivity contribution is 5.94. The Morgan fingerprint density at radius 1 is 1.29 bits per heavy atom. The van der Waals surface area contributed by atoms with Gasteiger partial charge in [0.15, 0.2) is 5.69 Å². The van der Waals surface area contributed by atoms with Crippen molar-refractivity contribution in [2.24, 2.45) is 16.7 Å². The van der Waals surface area contributed by atoms with E-state index in [4.69, 9.17) is 14.7 Å². The lowest BCUT2D eigenvalue weighted by Gasteiger charge is -2.60. The van der Waals surface area contributed by atoms with E-state index in [2.05, 4.69) is 0 Å². The molecule has 1 unspecified atom stereocenters. The quantitative estimate of drug-likeness (QED) is 0.401. The van der Waals surface area contributed by atoms with Crippen LogP contribution in [0, 0.1) is 22.0 Å². The van der Waals surface area contributed by atoms with Gasteiger partial charge in [-0.05, 0) is 36.5 Å². The molecule has 4 rings (SSSR count).